The minimum absolute atomic E-state index is 0.0603. The Labute approximate surface area is 385 Å². The molecule has 0 unspecified atom stereocenters. The molecular weight excluding hydrogens is 857 g/mol. The number of carbonyl (C=O) groups is 2. The van der Waals surface area contributed by atoms with Crippen molar-refractivity contribution < 1.29 is 23.5 Å². The third-order valence-corrected chi connectivity index (χ3v) is 11.4. The van der Waals surface area contributed by atoms with Crippen LogP contribution in [-0.2, 0) is 0 Å². The molecule has 2 fully saturated rings. The summed E-state index contributed by atoms with van der Waals surface area (Å²) in [6.07, 6.45) is 15.2. The molecular formula is C49H51F2N13O3. The predicted octanol–water partition coefficient (Wildman–Crippen LogP) is 9.69. The molecule has 0 atom stereocenters. The van der Waals surface area contributed by atoms with E-state index in [0.717, 1.165) is 59.7 Å². The Morgan fingerprint density at radius 2 is 1.22 bits per heavy atom. The lowest BCUT2D eigenvalue weighted by molar-refractivity contribution is 0.0691. The fourth-order valence-electron chi connectivity index (χ4n) is 7.46. The van der Waals surface area contributed by atoms with Crippen molar-refractivity contribution >= 4 is 23.4 Å². The van der Waals surface area contributed by atoms with Gasteiger partial charge >= 0.3 is 5.97 Å². The van der Waals surface area contributed by atoms with Gasteiger partial charge in [0.05, 0.1) is 46.5 Å². The lowest BCUT2D eigenvalue weighted by Gasteiger charge is -2.12. The number of carboxylic acids is 1. The summed E-state index contributed by atoms with van der Waals surface area (Å²) in [5, 5.41) is 27.8. The normalized spacial score (nSPS) is 13.2. The number of rotatable bonds is 11. The van der Waals surface area contributed by atoms with Crippen LogP contribution in [0.4, 0.5) is 20.3 Å². The van der Waals surface area contributed by atoms with Gasteiger partial charge in [-0.2, -0.15) is 0 Å². The van der Waals surface area contributed by atoms with E-state index in [9.17, 15) is 18.4 Å². The smallest absolute Gasteiger partial charge is 0.338 e. The molecule has 2 saturated carbocycles. The van der Waals surface area contributed by atoms with Crippen molar-refractivity contribution in [3.63, 3.8) is 0 Å². The Balaban J connectivity index is 0.000000151. The molecule has 5 heterocycles. The van der Waals surface area contributed by atoms with Gasteiger partial charge in [-0.15, -0.1) is 20.4 Å². The highest BCUT2D eigenvalue weighted by Gasteiger charge is 2.27. The van der Waals surface area contributed by atoms with E-state index in [-0.39, 0.29) is 17.2 Å². The van der Waals surface area contributed by atoms with Gasteiger partial charge in [0.15, 0.2) is 11.6 Å². The van der Waals surface area contributed by atoms with Crippen LogP contribution < -0.4 is 11.1 Å². The van der Waals surface area contributed by atoms with Crippen LogP contribution in [0.15, 0.2) is 104 Å². The second-order valence-electron chi connectivity index (χ2n) is 17.3. The third kappa shape index (κ3) is 10.5. The number of hydrogen-bond donors (Lipinski definition) is 3. The molecule has 5 aromatic heterocycles. The number of carbonyl (C=O) groups excluding carboxylic acids is 1. The zero-order valence-electron chi connectivity index (χ0n) is 38.0. The molecule has 3 aromatic carbocycles. The number of aromatic nitrogens is 11. The van der Waals surface area contributed by atoms with Crippen molar-refractivity contribution in [1.29, 1.82) is 0 Å². The van der Waals surface area contributed by atoms with E-state index >= 15 is 0 Å². The number of anilines is 2. The number of nitrogens with one attached hydrogen (secondary N) is 1. The van der Waals surface area contributed by atoms with Gasteiger partial charge in [-0.1, -0.05) is 18.2 Å². The lowest BCUT2D eigenvalue weighted by atomic mass is 10.1. The minimum atomic E-state index is -1.26. The van der Waals surface area contributed by atoms with Crippen LogP contribution in [0.1, 0.15) is 121 Å². The Bertz CT molecular complexity index is 3070. The highest BCUT2D eigenvalue weighted by molar-refractivity contribution is 6.04. The van der Waals surface area contributed by atoms with Crippen LogP contribution in [0, 0.1) is 25.5 Å². The summed E-state index contributed by atoms with van der Waals surface area (Å²) in [4.78, 5) is 37.2. The molecule has 16 nitrogen and oxygen atoms in total. The van der Waals surface area contributed by atoms with Crippen LogP contribution in [0.2, 0.25) is 0 Å². The molecule has 344 valence electrons. The first-order valence-corrected chi connectivity index (χ1v) is 22.0. The topological polar surface area (TPSA) is 202 Å². The second kappa shape index (κ2) is 19.3. The fourth-order valence-corrected chi connectivity index (χ4v) is 7.46. The molecule has 67 heavy (non-hydrogen) atoms. The van der Waals surface area contributed by atoms with Gasteiger partial charge in [-0.25, -0.2) is 28.5 Å². The lowest BCUT2D eigenvalue weighted by Crippen LogP contribution is -2.16. The fraction of sp³-hybridized carbons (Fsp3) is 0.286. The molecule has 10 rings (SSSR count). The average Bonchev–Trinajstić information content (AvgIpc) is 4.02. The molecule has 2 aliphatic rings. The summed E-state index contributed by atoms with van der Waals surface area (Å²) < 4.78 is 35.8. The standard InChI is InChI=1S/C24H24FN7O.C14H13FN2O2.C11H14N4/c1-14(2)32-13-27-30-23(32)19-5-4-6-22(28-19)29-24(33)17-10-21(15(3)9-18(17)25)31-11-20(26-12-31)16-7-8-16;1-8-4-11(15)10(14(18)19)5-13(8)17-6-12(16-7-17)9-2-3-9;1-8(2)15-7-13-14-11(15)9-4-3-5-10(12)6-9/h4-6,9-14,16H,7-8H2,1-3H3,(H,28,29,33);4-7,9H,2-3H2,1H3,(H,18,19);3-8H,12H2,1-2H3. The Morgan fingerprint density at radius 3 is 1.76 bits per heavy atom. The number of nitrogen functional groups attached to an aromatic ring is 1. The van der Waals surface area contributed by atoms with Gasteiger partial charge < -0.3 is 34.4 Å². The number of hydrogen-bond acceptors (Lipinski definition) is 10. The number of aryl methyl sites for hydroxylation is 2. The highest BCUT2D eigenvalue weighted by Crippen LogP contribution is 2.40. The van der Waals surface area contributed by atoms with Gasteiger partial charge in [0.25, 0.3) is 5.91 Å². The molecule has 4 N–H and O–H groups in total. The number of aromatic carboxylic acids is 1. The Morgan fingerprint density at radius 1 is 0.701 bits per heavy atom. The van der Waals surface area contributed by atoms with E-state index in [1.807, 2.05) is 71.1 Å². The largest absolute Gasteiger partial charge is 0.478 e. The number of amides is 1. The summed E-state index contributed by atoms with van der Waals surface area (Å²) in [6, 6.07) is 18.9. The van der Waals surface area contributed by atoms with Crippen LogP contribution in [0.25, 0.3) is 34.3 Å². The van der Waals surface area contributed by atoms with Crippen molar-refractivity contribution in [1.82, 2.24) is 53.6 Å². The first kappa shape index (κ1) is 45.7. The third-order valence-electron chi connectivity index (χ3n) is 11.4. The Kier molecular flexibility index (Phi) is 13.2. The van der Waals surface area contributed by atoms with Crippen LogP contribution in [0.3, 0.4) is 0 Å². The van der Waals surface area contributed by atoms with E-state index < -0.39 is 23.5 Å². The molecule has 0 saturated heterocycles. The molecule has 2 aliphatic carbocycles. The van der Waals surface area contributed by atoms with E-state index in [4.69, 9.17) is 10.8 Å². The first-order chi connectivity index (χ1) is 32.1. The molecule has 1 amide bonds. The number of carboxylic acid groups (broad SMARTS) is 1. The van der Waals surface area contributed by atoms with Crippen LogP contribution >= 0.6 is 0 Å². The van der Waals surface area contributed by atoms with Gasteiger partial charge in [0.1, 0.15) is 35.8 Å². The monoisotopic (exact) mass is 907 g/mol. The summed E-state index contributed by atoms with van der Waals surface area (Å²) >= 11 is 0. The SMILES string of the molecule is CC(C)n1cnnc1-c1cccc(N)c1.Cc1cc(F)c(C(=O)Nc2cccc(-c3nncn3C(C)C)n2)cc1-n1cnc(C2CC2)c1.Cc1cc(F)c(C(=O)O)cc1-n1cnc(C2CC2)c1. The zero-order chi connectivity index (χ0) is 47.5. The average molecular weight is 908 g/mol. The molecule has 0 bridgehead atoms. The number of imidazole rings is 2. The van der Waals surface area contributed by atoms with Crippen molar-refractivity contribution in [3.8, 4) is 34.3 Å². The van der Waals surface area contributed by atoms with Gasteiger partial charge in [-0.05, 0) is 127 Å². The van der Waals surface area contributed by atoms with Gasteiger partial charge in [0.2, 0.25) is 0 Å². The maximum absolute atomic E-state index is 14.8. The van der Waals surface area contributed by atoms with Crippen LogP contribution in [-0.4, -0.2) is 70.6 Å². The van der Waals surface area contributed by atoms with Crippen molar-refractivity contribution in [3.05, 3.63) is 150 Å². The van der Waals surface area contributed by atoms with E-state index in [1.54, 1.807) is 61.1 Å². The quantitative estimate of drug-likeness (QED) is 0.104. The van der Waals surface area contributed by atoms with Crippen molar-refractivity contribution in [2.75, 3.05) is 11.1 Å². The van der Waals surface area contributed by atoms with E-state index in [0.29, 0.717) is 52.2 Å². The first-order valence-electron chi connectivity index (χ1n) is 22.0. The second-order valence-corrected chi connectivity index (χ2v) is 17.3. The zero-order valence-corrected chi connectivity index (χ0v) is 38.0. The number of pyridine rings is 1. The van der Waals surface area contributed by atoms with E-state index in [1.165, 1.54) is 18.2 Å². The molecule has 0 radical (unpaired) electrons. The summed E-state index contributed by atoms with van der Waals surface area (Å²) in [6.45, 7) is 11.8. The molecule has 8 aromatic rings. The predicted molar refractivity (Wildman–Crippen MR) is 249 cm³/mol. The number of nitrogens with zero attached hydrogens (tertiary/aromatic N) is 11. The highest BCUT2D eigenvalue weighted by atomic mass is 19.1. The summed E-state index contributed by atoms with van der Waals surface area (Å²) in [7, 11) is 0. The maximum atomic E-state index is 14.8. The van der Waals surface area contributed by atoms with Crippen molar-refractivity contribution in [2.45, 2.75) is 91.1 Å². The van der Waals surface area contributed by atoms with Gasteiger partial charge in [-0.3, -0.25) is 4.79 Å². The van der Waals surface area contributed by atoms with Crippen molar-refractivity contribution in [2.24, 2.45) is 0 Å². The summed E-state index contributed by atoms with van der Waals surface area (Å²) in [5.74, 6) is -0.351. The number of benzene rings is 3. The minimum Gasteiger partial charge on any atom is -0.478 e. The Hall–Kier alpha value is -7.89. The number of halogens is 2. The molecule has 0 aliphatic heterocycles. The van der Waals surface area contributed by atoms with E-state index in [2.05, 4.69) is 54.5 Å². The van der Waals surface area contributed by atoms with Gasteiger partial charge in [0, 0.05) is 47.6 Å². The number of nitrogens with two attached hydrogens (primary N) is 1. The summed E-state index contributed by atoms with van der Waals surface area (Å²) in [5.41, 5.74) is 12.5. The molecule has 0 spiro atoms. The molecule has 18 heteroatoms. The maximum Gasteiger partial charge on any atom is 0.338 e. The van der Waals surface area contributed by atoms with Crippen LogP contribution in [0.5, 0.6) is 0 Å².